The molecule has 2 nitrogen and oxygen atoms in total. The van der Waals surface area contributed by atoms with Gasteiger partial charge in [0.05, 0.1) is 0 Å². The van der Waals surface area contributed by atoms with Crippen LogP contribution in [0.2, 0.25) is 0 Å². The molecule has 2 atom stereocenters. The van der Waals surface area contributed by atoms with Gasteiger partial charge >= 0.3 is 0 Å². The predicted octanol–water partition coefficient (Wildman–Crippen LogP) is 2.84. The monoisotopic (exact) mass is 203 g/mol. The van der Waals surface area contributed by atoms with Gasteiger partial charge in [0, 0.05) is 11.6 Å². The Hall–Kier alpha value is -1.31. The summed E-state index contributed by atoms with van der Waals surface area (Å²) in [6.45, 7) is 4.22. The summed E-state index contributed by atoms with van der Waals surface area (Å²) in [6.07, 6.45) is 2.00. The zero-order valence-corrected chi connectivity index (χ0v) is 9.29. The van der Waals surface area contributed by atoms with Crippen LogP contribution in [0.15, 0.2) is 24.3 Å². The molecule has 0 heterocycles. The summed E-state index contributed by atoms with van der Waals surface area (Å²) in [5.41, 5.74) is 2.18. The fourth-order valence-electron chi connectivity index (χ4n) is 1.86. The zero-order valence-electron chi connectivity index (χ0n) is 9.29. The van der Waals surface area contributed by atoms with E-state index in [1.807, 2.05) is 18.2 Å². The number of hydrogen-bond acceptors (Lipinski definition) is 1. The van der Waals surface area contributed by atoms with E-state index < -0.39 is 0 Å². The fraction of sp³-hybridized carbons (Fsp3) is 0.462. The lowest BCUT2D eigenvalue weighted by Gasteiger charge is -2.08. The third-order valence-electron chi connectivity index (χ3n) is 3.10. The van der Waals surface area contributed by atoms with Crippen LogP contribution in [0.4, 0.5) is 5.69 Å². The summed E-state index contributed by atoms with van der Waals surface area (Å²) in [6, 6.07) is 8.01. The van der Waals surface area contributed by atoms with E-state index in [1.165, 1.54) is 5.56 Å². The van der Waals surface area contributed by atoms with Crippen LogP contribution in [0.1, 0.15) is 25.8 Å². The molecule has 2 unspecified atom stereocenters. The van der Waals surface area contributed by atoms with Gasteiger partial charge in [0.1, 0.15) is 0 Å². The molecule has 1 fully saturated rings. The Balaban J connectivity index is 2.06. The van der Waals surface area contributed by atoms with E-state index in [2.05, 4.69) is 25.2 Å². The first-order chi connectivity index (χ1) is 7.22. The number of benzene rings is 1. The number of anilines is 1. The molecule has 0 spiro atoms. The van der Waals surface area contributed by atoms with Gasteiger partial charge < -0.3 is 5.32 Å². The quantitative estimate of drug-likeness (QED) is 0.804. The Morgan fingerprint density at radius 3 is 2.73 bits per heavy atom. The van der Waals surface area contributed by atoms with Crippen LogP contribution in [0.3, 0.4) is 0 Å². The van der Waals surface area contributed by atoms with Crippen LogP contribution in [0, 0.1) is 11.8 Å². The lowest BCUT2D eigenvalue weighted by atomic mass is 10.1. The lowest BCUT2D eigenvalue weighted by molar-refractivity contribution is -0.117. The molecule has 0 saturated heterocycles. The van der Waals surface area contributed by atoms with Gasteiger partial charge in [-0.3, -0.25) is 4.79 Å². The number of nitrogens with one attached hydrogen (secondary N) is 1. The average molecular weight is 203 g/mol. The first-order valence-corrected chi connectivity index (χ1v) is 5.61. The molecule has 1 saturated carbocycles. The maximum atomic E-state index is 11.7. The second-order valence-electron chi connectivity index (χ2n) is 4.32. The van der Waals surface area contributed by atoms with Crippen molar-refractivity contribution >= 4 is 11.6 Å². The highest BCUT2D eigenvalue weighted by atomic mass is 16.2. The molecular weight excluding hydrogens is 186 g/mol. The molecule has 2 heteroatoms. The Bertz CT molecular complexity index is 373. The maximum Gasteiger partial charge on any atom is 0.227 e. The lowest BCUT2D eigenvalue weighted by Crippen LogP contribution is -2.15. The van der Waals surface area contributed by atoms with Crippen LogP contribution in [-0.2, 0) is 11.2 Å². The van der Waals surface area contributed by atoms with E-state index in [9.17, 15) is 4.79 Å². The molecule has 1 aromatic carbocycles. The third-order valence-corrected chi connectivity index (χ3v) is 3.10. The summed E-state index contributed by atoms with van der Waals surface area (Å²) in [7, 11) is 0. The highest BCUT2D eigenvalue weighted by Gasteiger charge is 2.39. The highest BCUT2D eigenvalue weighted by molar-refractivity contribution is 5.95. The normalized spacial score (nSPS) is 23.6. The number of hydrogen-bond donors (Lipinski definition) is 1. The van der Waals surface area contributed by atoms with Crippen molar-refractivity contribution in [3.05, 3.63) is 29.8 Å². The molecule has 2 rings (SSSR count). The van der Waals surface area contributed by atoms with Gasteiger partial charge in [0.25, 0.3) is 0 Å². The molecular formula is C13H17NO. The van der Waals surface area contributed by atoms with Crippen molar-refractivity contribution in [1.29, 1.82) is 0 Å². The van der Waals surface area contributed by atoms with E-state index in [0.717, 1.165) is 18.5 Å². The Kier molecular flexibility index (Phi) is 2.76. The summed E-state index contributed by atoms with van der Waals surface area (Å²) in [5, 5.41) is 3.01. The summed E-state index contributed by atoms with van der Waals surface area (Å²) in [4.78, 5) is 11.7. The van der Waals surface area contributed by atoms with E-state index in [0.29, 0.717) is 5.92 Å². The Labute approximate surface area is 90.7 Å². The molecule has 0 aliphatic heterocycles. The number of para-hydroxylation sites is 1. The van der Waals surface area contributed by atoms with Crippen LogP contribution >= 0.6 is 0 Å². The summed E-state index contributed by atoms with van der Waals surface area (Å²) in [5.74, 6) is 0.997. The van der Waals surface area contributed by atoms with E-state index in [-0.39, 0.29) is 11.8 Å². The van der Waals surface area contributed by atoms with Crippen molar-refractivity contribution in [3.8, 4) is 0 Å². The van der Waals surface area contributed by atoms with Crippen LogP contribution in [0.5, 0.6) is 0 Å². The first kappa shape index (κ1) is 10.2. The molecule has 15 heavy (non-hydrogen) atoms. The van der Waals surface area contributed by atoms with Crippen molar-refractivity contribution < 1.29 is 4.79 Å². The van der Waals surface area contributed by atoms with Gasteiger partial charge in [-0.05, 0) is 30.4 Å². The van der Waals surface area contributed by atoms with Crippen molar-refractivity contribution in [3.63, 3.8) is 0 Å². The smallest absolute Gasteiger partial charge is 0.227 e. The standard InChI is InChI=1S/C13H17NO/c1-3-10-6-4-5-7-12(10)14-13(15)11-8-9(11)2/h4-7,9,11H,3,8H2,1-2H3,(H,14,15). The average Bonchev–Trinajstić information content (AvgIpc) is 2.96. The number of aryl methyl sites for hydroxylation is 1. The number of carbonyl (C=O) groups excluding carboxylic acids is 1. The molecule has 0 radical (unpaired) electrons. The minimum absolute atomic E-state index is 0.184. The van der Waals surface area contributed by atoms with Gasteiger partial charge in [-0.1, -0.05) is 32.0 Å². The molecule has 80 valence electrons. The Morgan fingerprint density at radius 1 is 1.47 bits per heavy atom. The maximum absolute atomic E-state index is 11.7. The second-order valence-corrected chi connectivity index (χ2v) is 4.32. The van der Waals surface area contributed by atoms with E-state index in [4.69, 9.17) is 0 Å². The van der Waals surface area contributed by atoms with Gasteiger partial charge in [-0.15, -0.1) is 0 Å². The van der Waals surface area contributed by atoms with Crippen molar-refractivity contribution in [2.45, 2.75) is 26.7 Å². The molecule has 1 amide bonds. The molecule has 1 aliphatic carbocycles. The van der Waals surface area contributed by atoms with Gasteiger partial charge in [-0.2, -0.15) is 0 Å². The predicted molar refractivity (Wildman–Crippen MR) is 61.7 cm³/mol. The largest absolute Gasteiger partial charge is 0.326 e. The molecule has 1 N–H and O–H groups in total. The van der Waals surface area contributed by atoms with Crippen molar-refractivity contribution in [2.75, 3.05) is 5.32 Å². The molecule has 0 bridgehead atoms. The zero-order chi connectivity index (χ0) is 10.8. The second kappa shape index (κ2) is 4.05. The third kappa shape index (κ3) is 2.20. The number of carbonyl (C=O) groups is 1. The number of rotatable bonds is 3. The van der Waals surface area contributed by atoms with Crippen LogP contribution in [0.25, 0.3) is 0 Å². The van der Waals surface area contributed by atoms with Gasteiger partial charge in [0.15, 0.2) is 0 Å². The first-order valence-electron chi connectivity index (χ1n) is 5.61. The fourth-order valence-corrected chi connectivity index (χ4v) is 1.86. The minimum atomic E-state index is 0.184. The van der Waals surface area contributed by atoms with Crippen LogP contribution < -0.4 is 5.32 Å². The minimum Gasteiger partial charge on any atom is -0.326 e. The van der Waals surface area contributed by atoms with E-state index in [1.54, 1.807) is 0 Å². The van der Waals surface area contributed by atoms with E-state index >= 15 is 0 Å². The molecule has 1 aromatic rings. The van der Waals surface area contributed by atoms with Gasteiger partial charge in [0.2, 0.25) is 5.91 Å². The summed E-state index contributed by atoms with van der Waals surface area (Å²) >= 11 is 0. The van der Waals surface area contributed by atoms with Crippen molar-refractivity contribution in [1.82, 2.24) is 0 Å². The number of amides is 1. The van der Waals surface area contributed by atoms with Crippen LogP contribution in [-0.4, -0.2) is 5.91 Å². The SMILES string of the molecule is CCc1ccccc1NC(=O)C1CC1C. The molecule has 0 aromatic heterocycles. The Morgan fingerprint density at radius 2 is 2.13 bits per heavy atom. The summed E-state index contributed by atoms with van der Waals surface area (Å²) < 4.78 is 0. The highest BCUT2D eigenvalue weighted by Crippen LogP contribution is 2.38. The van der Waals surface area contributed by atoms with Gasteiger partial charge in [-0.25, -0.2) is 0 Å². The topological polar surface area (TPSA) is 29.1 Å². The molecule has 1 aliphatic rings. The van der Waals surface area contributed by atoms with Crippen molar-refractivity contribution in [2.24, 2.45) is 11.8 Å².